The number of ether oxygens (including phenoxy) is 1. The summed E-state index contributed by atoms with van der Waals surface area (Å²) >= 11 is 0. The van der Waals surface area contributed by atoms with E-state index in [1.807, 2.05) is 25.1 Å². The van der Waals surface area contributed by atoms with Gasteiger partial charge in [-0.2, -0.15) is 0 Å². The Labute approximate surface area is 125 Å². The van der Waals surface area contributed by atoms with Crippen LogP contribution < -0.4 is 15.2 Å². The molecule has 1 aromatic rings. The van der Waals surface area contributed by atoms with Gasteiger partial charge in [-0.3, -0.25) is 4.79 Å². The molecule has 1 amide bonds. The Morgan fingerprint density at radius 1 is 1.33 bits per heavy atom. The Bertz CT molecular complexity index is 532. The van der Waals surface area contributed by atoms with Gasteiger partial charge < -0.3 is 20.0 Å². The lowest BCUT2D eigenvalue weighted by Crippen LogP contribution is -2.47. The molecule has 1 aromatic carbocycles. The van der Waals surface area contributed by atoms with Crippen LogP contribution in [0.5, 0.6) is 5.75 Å². The van der Waals surface area contributed by atoms with Gasteiger partial charge in [-0.05, 0) is 30.9 Å². The number of carbonyl (C=O) groups excluding carboxylic acids is 2. The molecule has 0 unspecified atom stereocenters. The van der Waals surface area contributed by atoms with E-state index in [1.165, 1.54) is 6.92 Å². The predicted octanol–water partition coefficient (Wildman–Crippen LogP) is 0.926. The first-order chi connectivity index (χ1) is 9.61. The Balaban J connectivity index is 2.76. The molecular weight excluding hydrogens is 270 g/mol. The van der Waals surface area contributed by atoms with Crippen molar-refractivity contribution in [3.05, 3.63) is 29.3 Å². The summed E-state index contributed by atoms with van der Waals surface area (Å²) in [6, 6.07) is 4.72. The third kappa shape index (κ3) is 5.10. The van der Waals surface area contributed by atoms with Crippen LogP contribution in [0.4, 0.5) is 0 Å². The number of aryl methyl sites for hydroxylation is 1. The maximum absolute atomic E-state index is 11.6. The summed E-state index contributed by atoms with van der Waals surface area (Å²) in [4.78, 5) is 22.2. The second-order valence-electron chi connectivity index (χ2n) is 6.15. The van der Waals surface area contributed by atoms with Gasteiger partial charge >= 0.3 is 0 Å². The molecule has 0 heterocycles. The Kier molecular flexibility index (Phi) is 5.35. The fourth-order valence-corrected chi connectivity index (χ4v) is 1.84. The number of carboxylic acids is 1. The van der Waals surface area contributed by atoms with E-state index in [2.05, 4.69) is 26.1 Å². The van der Waals surface area contributed by atoms with Crippen molar-refractivity contribution >= 4 is 11.9 Å². The molecule has 0 aliphatic heterocycles. The van der Waals surface area contributed by atoms with Crippen molar-refractivity contribution in [3.8, 4) is 5.75 Å². The van der Waals surface area contributed by atoms with Gasteiger partial charge in [0.1, 0.15) is 5.75 Å². The number of rotatable bonds is 5. The molecule has 1 rings (SSSR count). The first-order valence-electron chi connectivity index (χ1n) is 6.85. The molecule has 5 nitrogen and oxygen atoms in total. The SMILES string of the molecule is Cc1ccc(OCC(=O)N[C@H](C)C(=O)[O-])c(C(C)(C)C)c1. The van der Waals surface area contributed by atoms with Gasteiger partial charge in [-0.15, -0.1) is 0 Å². The first kappa shape index (κ1) is 17.0. The monoisotopic (exact) mass is 292 g/mol. The molecule has 0 bridgehead atoms. The van der Waals surface area contributed by atoms with E-state index in [-0.39, 0.29) is 12.0 Å². The minimum atomic E-state index is -1.32. The third-order valence-electron chi connectivity index (χ3n) is 3.03. The highest BCUT2D eigenvalue weighted by Gasteiger charge is 2.20. The molecule has 0 radical (unpaired) electrons. The van der Waals surface area contributed by atoms with Crippen molar-refractivity contribution < 1.29 is 19.4 Å². The minimum absolute atomic E-state index is 0.115. The van der Waals surface area contributed by atoms with Gasteiger partial charge in [-0.25, -0.2) is 0 Å². The zero-order chi connectivity index (χ0) is 16.2. The molecule has 1 N–H and O–H groups in total. The minimum Gasteiger partial charge on any atom is -0.548 e. The van der Waals surface area contributed by atoms with Crippen molar-refractivity contribution in [2.24, 2.45) is 0 Å². The molecule has 0 saturated carbocycles. The maximum Gasteiger partial charge on any atom is 0.258 e. The van der Waals surface area contributed by atoms with E-state index < -0.39 is 17.9 Å². The van der Waals surface area contributed by atoms with Gasteiger partial charge in [0, 0.05) is 0 Å². The average Bonchev–Trinajstić information content (AvgIpc) is 2.35. The number of hydrogen-bond donors (Lipinski definition) is 1. The zero-order valence-corrected chi connectivity index (χ0v) is 13.1. The molecule has 0 aromatic heterocycles. The summed E-state index contributed by atoms with van der Waals surface area (Å²) in [5.74, 6) is -1.19. The molecule has 21 heavy (non-hydrogen) atoms. The van der Waals surface area contributed by atoms with Crippen molar-refractivity contribution in [2.75, 3.05) is 6.61 Å². The van der Waals surface area contributed by atoms with Crippen LogP contribution in [0.3, 0.4) is 0 Å². The summed E-state index contributed by atoms with van der Waals surface area (Å²) in [5.41, 5.74) is 2.00. The molecule has 0 spiro atoms. The first-order valence-corrected chi connectivity index (χ1v) is 6.85. The van der Waals surface area contributed by atoms with E-state index in [1.54, 1.807) is 0 Å². The highest BCUT2D eigenvalue weighted by molar-refractivity contribution is 5.83. The van der Waals surface area contributed by atoms with Crippen LogP contribution in [-0.4, -0.2) is 24.5 Å². The molecule has 116 valence electrons. The normalized spacial score (nSPS) is 12.6. The zero-order valence-electron chi connectivity index (χ0n) is 13.1. The molecule has 0 aliphatic rings. The number of aliphatic carboxylic acids is 1. The van der Waals surface area contributed by atoms with Gasteiger partial charge in [-0.1, -0.05) is 38.5 Å². The Morgan fingerprint density at radius 3 is 2.48 bits per heavy atom. The highest BCUT2D eigenvalue weighted by atomic mass is 16.5. The Morgan fingerprint density at radius 2 is 1.95 bits per heavy atom. The number of carboxylic acid groups (broad SMARTS) is 1. The van der Waals surface area contributed by atoms with Crippen LogP contribution in [0, 0.1) is 6.92 Å². The van der Waals surface area contributed by atoms with Crippen LogP contribution >= 0.6 is 0 Å². The third-order valence-corrected chi connectivity index (χ3v) is 3.03. The number of carbonyl (C=O) groups is 2. The predicted molar refractivity (Wildman–Crippen MR) is 78.0 cm³/mol. The second kappa shape index (κ2) is 6.61. The van der Waals surface area contributed by atoms with E-state index in [4.69, 9.17) is 4.74 Å². The quantitative estimate of drug-likeness (QED) is 0.875. The lowest BCUT2D eigenvalue weighted by atomic mass is 9.85. The van der Waals surface area contributed by atoms with E-state index >= 15 is 0 Å². The molecule has 1 atom stereocenters. The standard InChI is InChI=1S/C16H23NO4/c1-10-6-7-13(12(8-10)16(3,4)5)21-9-14(18)17-11(2)15(19)20/h6-8,11H,9H2,1-5H3,(H,17,18)(H,19,20)/p-1/t11-/m1/s1. The van der Waals surface area contributed by atoms with Crippen molar-refractivity contribution in [2.45, 2.75) is 46.1 Å². The lowest BCUT2D eigenvalue weighted by Gasteiger charge is -2.23. The smallest absolute Gasteiger partial charge is 0.258 e. The molecule has 0 aliphatic carbocycles. The van der Waals surface area contributed by atoms with Gasteiger partial charge in [0.05, 0.1) is 12.0 Å². The van der Waals surface area contributed by atoms with E-state index in [0.29, 0.717) is 5.75 Å². The summed E-state index contributed by atoms with van der Waals surface area (Å²) in [5, 5.41) is 12.9. The summed E-state index contributed by atoms with van der Waals surface area (Å²) in [6.45, 7) is 9.29. The summed E-state index contributed by atoms with van der Waals surface area (Å²) < 4.78 is 5.54. The Hall–Kier alpha value is -2.04. The molecular formula is C16H22NO4-. The summed E-state index contributed by atoms with van der Waals surface area (Å²) in [6.07, 6.45) is 0. The molecule has 0 saturated heterocycles. The second-order valence-corrected chi connectivity index (χ2v) is 6.15. The van der Waals surface area contributed by atoms with Gasteiger partial charge in [0.15, 0.2) is 6.61 Å². The topological polar surface area (TPSA) is 78.5 Å². The van der Waals surface area contributed by atoms with Crippen LogP contribution in [0.25, 0.3) is 0 Å². The molecule has 5 heteroatoms. The van der Waals surface area contributed by atoms with E-state index in [9.17, 15) is 14.7 Å². The maximum atomic E-state index is 11.6. The van der Waals surface area contributed by atoms with E-state index in [0.717, 1.165) is 11.1 Å². The van der Waals surface area contributed by atoms with Crippen LogP contribution in [0.1, 0.15) is 38.8 Å². The largest absolute Gasteiger partial charge is 0.548 e. The van der Waals surface area contributed by atoms with Crippen molar-refractivity contribution in [1.82, 2.24) is 5.32 Å². The average molecular weight is 292 g/mol. The highest BCUT2D eigenvalue weighted by Crippen LogP contribution is 2.32. The molecule has 0 fully saturated rings. The number of benzene rings is 1. The number of hydrogen-bond acceptors (Lipinski definition) is 4. The van der Waals surface area contributed by atoms with Gasteiger partial charge in [0.25, 0.3) is 5.91 Å². The van der Waals surface area contributed by atoms with Crippen molar-refractivity contribution in [1.29, 1.82) is 0 Å². The van der Waals surface area contributed by atoms with Crippen LogP contribution in [0.15, 0.2) is 18.2 Å². The van der Waals surface area contributed by atoms with Crippen molar-refractivity contribution in [3.63, 3.8) is 0 Å². The van der Waals surface area contributed by atoms with Crippen LogP contribution in [-0.2, 0) is 15.0 Å². The summed E-state index contributed by atoms with van der Waals surface area (Å²) in [7, 11) is 0. The fourth-order valence-electron chi connectivity index (χ4n) is 1.84. The van der Waals surface area contributed by atoms with Gasteiger partial charge in [0.2, 0.25) is 0 Å². The fraction of sp³-hybridized carbons (Fsp3) is 0.500. The lowest BCUT2D eigenvalue weighted by molar-refractivity contribution is -0.307. The number of amides is 1. The van der Waals surface area contributed by atoms with Crippen LogP contribution in [0.2, 0.25) is 0 Å². The number of nitrogens with one attached hydrogen (secondary N) is 1.